The molecule has 0 aliphatic carbocycles. The van der Waals surface area contributed by atoms with Crippen molar-refractivity contribution in [2.45, 2.75) is 24.1 Å². The molecule has 2 rings (SSSR count). The minimum Gasteiger partial charge on any atom is -0.312 e. The van der Waals surface area contributed by atoms with Crippen LogP contribution in [-0.4, -0.2) is 18.1 Å². The number of nitrogens with one attached hydrogen (secondary N) is 1. The van der Waals surface area contributed by atoms with Gasteiger partial charge in [0.15, 0.2) is 0 Å². The summed E-state index contributed by atoms with van der Waals surface area (Å²) < 4.78 is 14.5. The van der Waals surface area contributed by atoms with Crippen molar-refractivity contribution >= 4 is 27.7 Å². The van der Waals surface area contributed by atoms with Gasteiger partial charge in [-0.05, 0) is 47.6 Å². The SMILES string of the molecule is CNC(c1cccc(Br)c1F)C1CCCS1. The lowest BCUT2D eigenvalue weighted by Crippen LogP contribution is -2.26. The minimum atomic E-state index is -0.130. The van der Waals surface area contributed by atoms with Crippen molar-refractivity contribution in [3.63, 3.8) is 0 Å². The molecule has 88 valence electrons. The van der Waals surface area contributed by atoms with E-state index >= 15 is 0 Å². The van der Waals surface area contributed by atoms with E-state index in [9.17, 15) is 4.39 Å². The van der Waals surface area contributed by atoms with Crippen LogP contribution in [0.3, 0.4) is 0 Å². The Hall–Kier alpha value is -0.0600. The largest absolute Gasteiger partial charge is 0.312 e. The van der Waals surface area contributed by atoms with E-state index in [0.29, 0.717) is 9.72 Å². The second kappa shape index (κ2) is 5.52. The third-order valence-electron chi connectivity index (χ3n) is 2.96. The average molecular weight is 304 g/mol. The van der Waals surface area contributed by atoms with Gasteiger partial charge in [-0.2, -0.15) is 11.8 Å². The third-order valence-corrected chi connectivity index (χ3v) is 5.04. The molecule has 0 aromatic heterocycles. The highest BCUT2D eigenvalue weighted by atomic mass is 79.9. The van der Waals surface area contributed by atoms with E-state index in [2.05, 4.69) is 21.2 Å². The van der Waals surface area contributed by atoms with Crippen molar-refractivity contribution in [2.75, 3.05) is 12.8 Å². The lowest BCUT2D eigenvalue weighted by atomic mass is 10.0. The molecule has 4 heteroatoms. The highest BCUT2D eigenvalue weighted by molar-refractivity contribution is 9.10. The maximum absolute atomic E-state index is 14.0. The van der Waals surface area contributed by atoms with E-state index in [-0.39, 0.29) is 11.9 Å². The van der Waals surface area contributed by atoms with Gasteiger partial charge in [0.1, 0.15) is 5.82 Å². The molecule has 1 fully saturated rings. The number of thioether (sulfide) groups is 1. The standard InChI is InChI=1S/C12H15BrFNS/c1-15-12(10-6-3-7-16-10)8-4-2-5-9(13)11(8)14/h2,4-5,10,12,15H,3,6-7H2,1H3. The molecular formula is C12H15BrFNS. The van der Waals surface area contributed by atoms with Crippen LogP contribution >= 0.6 is 27.7 Å². The second-order valence-electron chi connectivity index (χ2n) is 3.96. The number of hydrogen-bond acceptors (Lipinski definition) is 2. The zero-order valence-electron chi connectivity index (χ0n) is 9.17. The first-order chi connectivity index (χ1) is 7.74. The van der Waals surface area contributed by atoms with Crippen LogP contribution in [0.25, 0.3) is 0 Å². The van der Waals surface area contributed by atoms with E-state index in [1.165, 1.54) is 18.6 Å². The van der Waals surface area contributed by atoms with Crippen LogP contribution < -0.4 is 5.32 Å². The second-order valence-corrected chi connectivity index (χ2v) is 6.16. The zero-order valence-corrected chi connectivity index (χ0v) is 11.6. The molecule has 0 amide bonds. The maximum atomic E-state index is 14.0. The van der Waals surface area contributed by atoms with Gasteiger partial charge in [0.05, 0.1) is 4.47 Å². The first-order valence-electron chi connectivity index (χ1n) is 5.47. The fraction of sp³-hybridized carbons (Fsp3) is 0.500. The van der Waals surface area contributed by atoms with Gasteiger partial charge in [-0.25, -0.2) is 4.39 Å². The molecule has 1 aromatic carbocycles. The first kappa shape index (κ1) is 12.4. The summed E-state index contributed by atoms with van der Waals surface area (Å²) in [5, 5.41) is 3.74. The lowest BCUT2D eigenvalue weighted by molar-refractivity contribution is 0.509. The molecule has 2 atom stereocenters. The molecule has 1 nitrogen and oxygen atoms in total. The molecule has 1 saturated heterocycles. The molecule has 16 heavy (non-hydrogen) atoms. The quantitative estimate of drug-likeness (QED) is 0.913. The van der Waals surface area contributed by atoms with E-state index in [1.54, 1.807) is 6.07 Å². The van der Waals surface area contributed by atoms with Crippen molar-refractivity contribution in [1.29, 1.82) is 0 Å². The summed E-state index contributed by atoms with van der Waals surface area (Å²) in [6.07, 6.45) is 2.41. The van der Waals surface area contributed by atoms with Crippen LogP contribution in [0.4, 0.5) is 4.39 Å². The van der Waals surface area contributed by atoms with E-state index < -0.39 is 0 Å². The van der Waals surface area contributed by atoms with Gasteiger partial charge in [0, 0.05) is 16.9 Å². The molecule has 2 unspecified atom stereocenters. The number of hydrogen-bond donors (Lipinski definition) is 1. The minimum absolute atomic E-state index is 0.116. The summed E-state index contributed by atoms with van der Waals surface area (Å²) in [4.78, 5) is 0. The molecule has 0 saturated carbocycles. The van der Waals surface area contributed by atoms with Crippen molar-refractivity contribution in [3.8, 4) is 0 Å². The predicted octanol–water partition coefficient (Wildman–Crippen LogP) is 3.74. The predicted molar refractivity (Wildman–Crippen MR) is 71.4 cm³/mol. The summed E-state index contributed by atoms with van der Waals surface area (Å²) in [7, 11) is 1.91. The Bertz CT molecular complexity index is 366. The molecule has 1 aliphatic rings. The van der Waals surface area contributed by atoms with Gasteiger partial charge in [-0.15, -0.1) is 0 Å². The summed E-state index contributed by atoms with van der Waals surface area (Å²) >= 11 is 5.18. The fourth-order valence-electron chi connectivity index (χ4n) is 2.17. The zero-order chi connectivity index (χ0) is 11.5. The molecule has 1 N–H and O–H groups in total. The van der Waals surface area contributed by atoms with Crippen molar-refractivity contribution in [3.05, 3.63) is 34.1 Å². The summed E-state index contributed by atoms with van der Waals surface area (Å²) in [6.45, 7) is 0. The number of rotatable bonds is 3. The van der Waals surface area contributed by atoms with Gasteiger partial charge in [0.2, 0.25) is 0 Å². The number of halogens is 2. The van der Waals surface area contributed by atoms with Crippen molar-refractivity contribution in [1.82, 2.24) is 5.32 Å². The Labute approximate surface area is 108 Å². The molecular weight excluding hydrogens is 289 g/mol. The Balaban J connectivity index is 2.28. The monoisotopic (exact) mass is 303 g/mol. The van der Waals surface area contributed by atoms with E-state index in [4.69, 9.17) is 0 Å². The van der Waals surface area contributed by atoms with Crippen LogP contribution in [0.2, 0.25) is 0 Å². The summed E-state index contributed by atoms with van der Waals surface area (Å²) in [6, 6.07) is 5.63. The fourth-order valence-corrected chi connectivity index (χ4v) is 3.99. The highest BCUT2D eigenvalue weighted by Crippen LogP contribution is 2.37. The Morgan fingerprint density at radius 2 is 2.38 bits per heavy atom. The molecule has 0 bridgehead atoms. The van der Waals surface area contributed by atoms with Gasteiger partial charge in [-0.3, -0.25) is 0 Å². The first-order valence-corrected chi connectivity index (χ1v) is 7.31. The normalized spacial score (nSPS) is 22.3. The van der Waals surface area contributed by atoms with Gasteiger partial charge in [-0.1, -0.05) is 12.1 Å². The Morgan fingerprint density at radius 1 is 1.56 bits per heavy atom. The van der Waals surface area contributed by atoms with Crippen molar-refractivity contribution in [2.24, 2.45) is 0 Å². The van der Waals surface area contributed by atoms with E-state index in [0.717, 1.165) is 5.56 Å². The Kier molecular flexibility index (Phi) is 4.27. The number of benzene rings is 1. The summed E-state index contributed by atoms with van der Waals surface area (Å²) in [5.74, 6) is 1.06. The lowest BCUT2D eigenvalue weighted by Gasteiger charge is -2.23. The van der Waals surface area contributed by atoms with Crippen LogP contribution in [0, 0.1) is 5.82 Å². The smallest absolute Gasteiger partial charge is 0.142 e. The molecule has 1 aliphatic heterocycles. The highest BCUT2D eigenvalue weighted by Gasteiger charge is 2.28. The van der Waals surface area contributed by atoms with Gasteiger partial charge in [0.25, 0.3) is 0 Å². The molecule has 1 aromatic rings. The third kappa shape index (κ3) is 2.44. The molecule has 1 heterocycles. The Morgan fingerprint density at radius 3 is 3.00 bits per heavy atom. The topological polar surface area (TPSA) is 12.0 Å². The van der Waals surface area contributed by atoms with Crippen LogP contribution in [0.5, 0.6) is 0 Å². The maximum Gasteiger partial charge on any atom is 0.142 e. The average Bonchev–Trinajstić information content (AvgIpc) is 2.79. The van der Waals surface area contributed by atoms with Crippen LogP contribution in [-0.2, 0) is 0 Å². The van der Waals surface area contributed by atoms with Crippen molar-refractivity contribution < 1.29 is 4.39 Å². The van der Waals surface area contributed by atoms with Gasteiger partial charge >= 0.3 is 0 Å². The van der Waals surface area contributed by atoms with Gasteiger partial charge < -0.3 is 5.32 Å². The van der Waals surface area contributed by atoms with E-state index in [1.807, 2.05) is 30.9 Å². The van der Waals surface area contributed by atoms with Crippen LogP contribution in [0.1, 0.15) is 24.4 Å². The summed E-state index contributed by atoms with van der Waals surface area (Å²) in [5.41, 5.74) is 0.774. The molecule has 0 spiro atoms. The van der Waals surface area contributed by atoms with Crippen LogP contribution in [0.15, 0.2) is 22.7 Å². The molecule has 0 radical (unpaired) electrons.